The van der Waals surface area contributed by atoms with Crippen LogP contribution in [-0.2, 0) is 20.7 Å². The van der Waals surface area contributed by atoms with Gasteiger partial charge in [0, 0.05) is 19.2 Å². The fraction of sp³-hybridized carbons (Fsp3) is 0.500. The van der Waals surface area contributed by atoms with Gasteiger partial charge in [-0.25, -0.2) is 9.59 Å². The van der Waals surface area contributed by atoms with E-state index in [9.17, 15) is 19.5 Å². The van der Waals surface area contributed by atoms with E-state index in [0.29, 0.717) is 5.69 Å². The molecule has 1 aromatic carbocycles. The lowest BCUT2D eigenvalue weighted by atomic mass is 10.0. The molecule has 1 aliphatic rings. The van der Waals surface area contributed by atoms with Crippen molar-refractivity contribution >= 4 is 23.7 Å². The highest BCUT2D eigenvalue weighted by Gasteiger charge is 2.32. The molecule has 3 N–H and O–H groups in total. The summed E-state index contributed by atoms with van der Waals surface area (Å²) < 4.78 is 4.80. The molecule has 2 rings (SSSR count). The van der Waals surface area contributed by atoms with Crippen molar-refractivity contribution in [1.82, 2.24) is 10.2 Å². The summed E-state index contributed by atoms with van der Waals surface area (Å²) in [4.78, 5) is 36.8. The van der Waals surface area contributed by atoms with E-state index >= 15 is 0 Å². The van der Waals surface area contributed by atoms with Gasteiger partial charge in [0.25, 0.3) is 0 Å². The molecule has 0 bridgehead atoms. The van der Waals surface area contributed by atoms with Gasteiger partial charge in [0.1, 0.15) is 6.04 Å². The Kier molecular flexibility index (Phi) is 6.97. The van der Waals surface area contributed by atoms with E-state index in [0.717, 1.165) is 24.9 Å². The normalized spacial score (nSPS) is 17.4. The molecule has 26 heavy (non-hydrogen) atoms. The molecule has 8 nitrogen and oxygen atoms in total. The van der Waals surface area contributed by atoms with Crippen LogP contribution >= 0.6 is 0 Å². The first kappa shape index (κ1) is 19.7. The third-order valence-electron chi connectivity index (χ3n) is 4.36. The van der Waals surface area contributed by atoms with Crippen LogP contribution in [0.25, 0.3) is 0 Å². The summed E-state index contributed by atoms with van der Waals surface area (Å²) in [5, 5.41) is 15.2. The van der Waals surface area contributed by atoms with Gasteiger partial charge >= 0.3 is 12.1 Å². The zero-order valence-electron chi connectivity index (χ0n) is 15.0. The molecule has 0 spiro atoms. The number of hydrogen-bond donors (Lipinski definition) is 3. The number of carboxylic acids is 1. The number of anilines is 1. The zero-order chi connectivity index (χ0) is 19.1. The van der Waals surface area contributed by atoms with Crippen LogP contribution in [0.1, 0.15) is 25.3 Å². The molecule has 0 unspecified atom stereocenters. The second-order valence-electron chi connectivity index (χ2n) is 6.20. The van der Waals surface area contributed by atoms with Crippen molar-refractivity contribution in [2.45, 2.75) is 38.3 Å². The number of hydrogen-bond acceptors (Lipinski definition) is 5. The van der Waals surface area contributed by atoms with Crippen molar-refractivity contribution in [2.24, 2.45) is 0 Å². The van der Waals surface area contributed by atoms with E-state index in [1.54, 1.807) is 31.2 Å². The summed E-state index contributed by atoms with van der Waals surface area (Å²) in [6.45, 7) is 2.77. The number of aliphatic carboxylic acids is 1. The number of rotatable bonds is 7. The Morgan fingerprint density at radius 1 is 1.35 bits per heavy atom. The Bertz CT molecular complexity index is 641. The molecule has 0 aromatic heterocycles. The second kappa shape index (κ2) is 9.19. The van der Waals surface area contributed by atoms with Crippen molar-refractivity contribution in [3.05, 3.63) is 29.8 Å². The minimum atomic E-state index is -1.05. The van der Waals surface area contributed by atoms with Crippen LogP contribution in [0.4, 0.5) is 10.5 Å². The maximum absolute atomic E-state index is 12.5. The second-order valence-corrected chi connectivity index (χ2v) is 6.20. The van der Waals surface area contributed by atoms with Gasteiger partial charge in [0.05, 0.1) is 12.6 Å². The molecule has 1 heterocycles. The number of likely N-dealkylation sites (N-methyl/N-ethyl adjacent to an activating group) is 1. The zero-order valence-corrected chi connectivity index (χ0v) is 15.0. The number of carboxylic acid groups (broad SMARTS) is 1. The van der Waals surface area contributed by atoms with Gasteiger partial charge in [-0.1, -0.05) is 12.1 Å². The van der Waals surface area contributed by atoms with Crippen LogP contribution in [0.2, 0.25) is 0 Å². The van der Waals surface area contributed by atoms with Gasteiger partial charge in [0.2, 0.25) is 5.91 Å². The lowest BCUT2D eigenvalue weighted by Gasteiger charge is -2.27. The smallest absolute Gasteiger partial charge is 0.411 e. The van der Waals surface area contributed by atoms with E-state index < -0.39 is 18.1 Å². The molecule has 0 radical (unpaired) electrons. The Hall–Kier alpha value is -2.61. The maximum Gasteiger partial charge on any atom is 0.411 e. The summed E-state index contributed by atoms with van der Waals surface area (Å²) in [6, 6.07) is 5.54. The fourth-order valence-electron chi connectivity index (χ4n) is 2.92. The number of ether oxygens (including phenoxy) is 1. The quantitative estimate of drug-likeness (QED) is 0.677. The topological polar surface area (TPSA) is 108 Å². The van der Waals surface area contributed by atoms with Crippen LogP contribution in [0.3, 0.4) is 0 Å². The van der Waals surface area contributed by atoms with Gasteiger partial charge in [-0.2, -0.15) is 0 Å². The predicted octanol–water partition coefficient (Wildman–Crippen LogP) is 1.46. The Morgan fingerprint density at radius 2 is 2.04 bits per heavy atom. The highest BCUT2D eigenvalue weighted by molar-refractivity contribution is 5.87. The van der Waals surface area contributed by atoms with Gasteiger partial charge < -0.3 is 20.1 Å². The average molecular weight is 363 g/mol. The van der Waals surface area contributed by atoms with Crippen molar-refractivity contribution < 1.29 is 24.2 Å². The molecule has 1 aromatic rings. The van der Waals surface area contributed by atoms with E-state index in [2.05, 4.69) is 10.6 Å². The summed E-state index contributed by atoms with van der Waals surface area (Å²) >= 11 is 0. The molecule has 8 heteroatoms. The Morgan fingerprint density at radius 3 is 2.58 bits per heavy atom. The molecular weight excluding hydrogens is 338 g/mol. The van der Waals surface area contributed by atoms with Crippen LogP contribution < -0.4 is 10.6 Å². The Labute approximate surface area is 152 Å². The van der Waals surface area contributed by atoms with Gasteiger partial charge in [-0.15, -0.1) is 0 Å². The molecule has 142 valence electrons. The van der Waals surface area contributed by atoms with E-state index in [1.165, 1.54) is 11.9 Å². The van der Waals surface area contributed by atoms with Crippen molar-refractivity contribution in [3.8, 4) is 0 Å². The molecule has 0 saturated carbocycles. The van der Waals surface area contributed by atoms with Crippen molar-refractivity contribution in [1.29, 1.82) is 0 Å². The first-order valence-corrected chi connectivity index (χ1v) is 8.68. The number of nitrogens with zero attached hydrogens (tertiary/aromatic N) is 1. The van der Waals surface area contributed by atoms with E-state index in [-0.39, 0.29) is 25.0 Å². The van der Waals surface area contributed by atoms with E-state index in [1.807, 2.05) is 0 Å². The van der Waals surface area contributed by atoms with Crippen LogP contribution in [0, 0.1) is 0 Å². The summed E-state index contributed by atoms with van der Waals surface area (Å²) in [7, 11) is 1.53. The maximum atomic E-state index is 12.5. The largest absolute Gasteiger partial charge is 0.480 e. The molecule has 1 saturated heterocycles. The monoisotopic (exact) mass is 363 g/mol. The highest BCUT2D eigenvalue weighted by atomic mass is 16.5. The molecule has 2 amide bonds. The molecule has 0 aliphatic carbocycles. The van der Waals surface area contributed by atoms with E-state index in [4.69, 9.17) is 4.74 Å². The summed E-state index contributed by atoms with van der Waals surface area (Å²) in [6.07, 6.45) is 1.28. The Balaban J connectivity index is 2.01. The third kappa shape index (κ3) is 5.19. The summed E-state index contributed by atoms with van der Waals surface area (Å²) in [5.41, 5.74) is 1.31. The molecule has 1 aliphatic heterocycles. The third-order valence-corrected chi connectivity index (χ3v) is 4.36. The number of nitrogens with one attached hydrogen (secondary N) is 2. The first-order chi connectivity index (χ1) is 12.4. The fourth-order valence-corrected chi connectivity index (χ4v) is 2.92. The average Bonchev–Trinajstić information content (AvgIpc) is 3.14. The molecular formula is C18H25N3O5. The minimum absolute atomic E-state index is 0.185. The van der Waals surface area contributed by atoms with Crippen LogP contribution in [-0.4, -0.2) is 60.3 Å². The number of benzene rings is 1. The highest BCUT2D eigenvalue weighted by Crippen LogP contribution is 2.16. The lowest BCUT2D eigenvalue weighted by Crippen LogP contribution is -2.50. The van der Waals surface area contributed by atoms with Crippen LogP contribution in [0.15, 0.2) is 24.3 Å². The van der Waals surface area contributed by atoms with Gasteiger partial charge in [0.15, 0.2) is 0 Å². The van der Waals surface area contributed by atoms with Gasteiger partial charge in [-0.05, 0) is 44.0 Å². The van der Waals surface area contributed by atoms with Crippen molar-refractivity contribution in [2.75, 3.05) is 25.5 Å². The standard InChI is InChI=1S/C18H25N3O5/c1-3-26-18(25)20-13-8-6-12(7-9-13)11-15(17(23)24)21(2)16(22)14-5-4-10-19-14/h6-9,14-15,19H,3-5,10-11H2,1-2H3,(H,20,25)(H,23,24)/t14-,15-/m0/s1. The predicted molar refractivity (Wildman–Crippen MR) is 96.0 cm³/mol. The minimum Gasteiger partial charge on any atom is -0.480 e. The molecule has 2 atom stereocenters. The van der Waals surface area contributed by atoms with Crippen LogP contribution in [0.5, 0.6) is 0 Å². The SMILES string of the molecule is CCOC(=O)Nc1ccc(C[C@@H](C(=O)O)N(C)C(=O)[C@@H]2CCCN2)cc1. The molecule has 1 fully saturated rings. The van der Waals surface area contributed by atoms with Gasteiger partial charge in [-0.3, -0.25) is 10.1 Å². The number of amides is 2. The lowest BCUT2D eigenvalue weighted by molar-refractivity contribution is -0.149. The van der Waals surface area contributed by atoms with Crippen molar-refractivity contribution in [3.63, 3.8) is 0 Å². The number of carbonyl (C=O) groups excluding carboxylic acids is 2. The number of carbonyl (C=O) groups is 3. The first-order valence-electron chi connectivity index (χ1n) is 8.68. The summed E-state index contributed by atoms with van der Waals surface area (Å²) in [5.74, 6) is -1.25.